The molecule has 0 amide bonds. The SMILES string of the molecule is O=C1C[C@@H](c2ccccc2)CO1. The first-order chi connectivity index (χ1) is 5.86. The fourth-order valence-electron chi connectivity index (χ4n) is 1.45. The maximum Gasteiger partial charge on any atom is 0.306 e. The Morgan fingerprint density at radius 2 is 2.00 bits per heavy atom. The molecule has 1 aromatic carbocycles. The summed E-state index contributed by atoms with van der Waals surface area (Å²) < 4.78 is 4.88. The molecule has 1 saturated heterocycles. The lowest BCUT2D eigenvalue weighted by atomic mass is 9.99. The molecular formula is C10H10O2. The summed E-state index contributed by atoms with van der Waals surface area (Å²) in [6.45, 7) is 0.544. The second-order valence-corrected chi connectivity index (χ2v) is 2.99. The Bertz CT molecular complexity index is 279. The number of cyclic esters (lactones) is 1. The van der Waals surface area contributed by atoms with Crippen molar-refractivity contribution in [2.45, 2.75) is 12.3 Å². The van der Waals surface area contributed by atoms with Crippen molar-refractivity contribution in [2.75, 3.05) is 6.61 Å². The highest BCUT2D eigenvalue weighted by Crippen LogP contribution is 2.25. The van der Waals surface area contributed by atoms with Gasteiger partial charge in [-0.05, 0) is 5.56 Å². The lowest BCUT2D eigenvalue weighted by molar-refractivity contribution is -0.137. The van der Waals surface area contributed by atoms with Crippen LogP contribution in [0.1, 0.15) is 17.9 Å². The van der Waals surface area contributed by atoms with Gasteiger partial charge in [0.15, 0.2) is 0 Å². The molecule has 0 aliphatic carbocycles. The summed E-state index contributed by atoms with van der Waals surface area (Å²) in [6, 6.07) is 10.0. The van der Waals surface area contributed by atoms with Gasteiger partial charge in [-0.3, -0.25) is 4.79 Å². The van der Waals surface area contributed by atoms with E-state index in [1.165, 1.54) is 5.56 Å². The van der Waals surface area contributed by atoms with E-state index in [-0.39, 0.29) is 11.9 Å². The molecule has 1 heterocycles. The summed E-state index contributed by atoms with van der Waals surface area (Å²) in [5, 5.41) is 0. The van der Waals surface area contributed by atoms with Crippen molar-refractivity contribution in [1.29, 1.82) is 0 Å². The number of rotatable bonds is 1. The first-order valence-electron chi connectivity index (χ1n) is 4.07. The number of hydrogen-bond acceptors (Lipinski definition) is 2. The molecule has 0 saturated carbocycles. The molecule has 12 heavy (non-hydrogen) atoms. The van der Waals surface area contributed by atoms with E-state index in [1.807, 2.05) is 30.3 Å². The molecule has 0 bridgehead atoms. The van der Waals surface area contributed by atoms with Crippen molar-refractivity contribution in [3.63, 3.8) is 0 Å². The Kier molecular flexibility index (Phi) is 1.82. The number of ether oxygens (including phenoxy) is 1. The molecule has 1 aliphatic rings. The van der Waals surface area contributed by atoms with Crippen LogP contribution in [0.15, 0.2) is 30.3 Å². The largest absolute Gasteiger partial charge is 0.465 e. The van der Waals surface area contributed by atoms with Gasteiger partial charge < -0.3 is 4.74 Å². The van der Waals surface area contributed by atoms with Crippen LogP contribution in [0.25, 0.3) is 0 Å². The second-order valence-electron chi connectivity index (χ2n) is 2.99. The Morgan fingerprint density at radius 3 is 2.58 bits per heavy atom. The maximum atomic E-state index is 10.8. The molecule has 1 aliphatic heterocycles. The number of carbonyl (C=O) groups excluding carboxylic acids is 1. The van der Waals surface area contributed by atoms with Gasteiger partial charge in [-0.2, -0.15) is 0 Å². The monoisotopic (exact) mass is 162 g/mol. The molecule has 0 N–H and O–H groups in total. The summed E-state index contributed by atoms with van der Waals surface area (Å²) >= 11 is 0. The van der Waals surface area contributed by atoms with Crippen molar-refractivity contribution in [3.8, 4) is 0 Å². The second kappa shape index (κ2) is 2.97. The van der Waals surface area contributed by atoms with Crippen molar-refractivity contribution < 1.29 is 9.53 Å². The quantitative estimate of drug-likeness (QED) is 0.588. The predicted molar refractivity (Wildman–Crippen MR) is 44.8 cm³/mol. The van der Waals surface area contributed by atoms with Gasteiger partial charge in [-0.15, -0.1) is 0 Å². The summed E-state index contributed by atoms with van der Waals surface area (Å²) in [5.41, 5.74) is 1.20. The van der Waals surface area contributed by atoms with Gasteiger partial charge >= 0.3 is 5.97 Å². The van der Waals surface area contributed by atoms with Crippen LogP contribution < -0.4 is 0 Å². The van der Waals surface area contributed by atoms with Gasteiger partial charge in [0.2, 0.25) is 0 Å². The van der Waals surface area contributed by atoms with E-state index >= 15 is 0 Å². The van der Waals surface area contributed by atoms with Gasteiger partial charge in [0.25, 0.3) is 0 Å². The van der Waals surface area contributed by atoms with E-state index in [4.69, 9.17) is 4.74 Å². The minimum absolute atomic E-state index is 0.0798. The fraction of sp³-hybridized carbons (Fsp3) is 0.300. The standard InChI is InChI=1S/C10H10O2/c11-10-6-9(7-12-10)8-4-2-1-3-5-8/h1-5,9H,6-7H2/t9-/m1/s1. The molecule has 0 unspecified atom stereocenters. The minimum atomic E-state index is -0.0798. The Hall–Kier alpha value is -1.31. The Morgan fingerprint density at radius 1 is 1.25 bits per heavy atom. The van der Waals surface area contributed by atoms with E-state index in [0.29, 0.717) is 13.0 Å². The van der Waals surface area contributed by atoms with Gasteiger partial charge in [-0.25, -0.2) is 0 Å². The van der Waals surface area contributed by atoms with Crippen LogP contribution >= 0.6 is 0 Å². The highest BCUT2D eigenvalue weighted by Gasteiger charge is 2.24. The van der Waals surface area contributed by atoms with E-state index < -0.39 is 0 Å². The molecule has 0 radical (unpaired) electrons. The van der Waals surface area contributed by atoms with Crippen LogP contribution in [0.3, 0.4) is 0 Å². The molecule has 2 heteroatoms. The molecule has 1 aromatic rings. The molecule has 1 fully saturated rings. The number of esters is 1. The van der Waals surface area contributed by atoms with E-state index in [2.05, 4.69) is 0 Å². The van der Waals surface area contributed by atoms with Crippen LogP contribution in [-0.2, 0) is 9.53 Å². The van der Waals surface area contributed by atoms with Crippen molar-refractivity contribution in [2.24, 2.45) is 0 Å². The third-order valence-corrected chi connectivity index (χ3v) is 2.13. The van der Waals surface area contributed by atoms with E-state index in [0.717, 1.165) is 0 Å². The zero-order chi connectivity index (χ0) is 8.39. The maximum absolute atomic E-state index is 10.8. The third kappa shape index (κ3) is 1.33. The van der Waals surface area contributed by atoms with Crippen LogP contribution in [0.4, 0.5) is 0 Å². The molecule has 1 atom stereocenters. The molecule has 2 rings (SSSR count). The molecular weight excluding hydrogens is 152 g/mol. The van der Waals surface area contributed by atoms with Crippen LogP contribution in [0.2, 0.25) is 0 Å². The first-order valence-corrected chi connectivity index (χ1v) is 4.07. The molecule has 62 valence electrons. The van der Waals surface area contributed by atoms with Crippen molar-refractivity contribution in [3.05, 3.63) is 35.9 Å². The third-order valence-electron chi connectivity index (χ3n) is 2.13. The topological polar surface area (TPSA) is 26.3 Å². The number of hydrogen-bond donors (Lipinski definition) is 0. The average Bonchev–Trinajstić information content (AvgIpc) is 2.54. The normalized spacial score (nSPS) is 22.3. The van der Waals surface area contributed by atoms with E-state index in [1.54, 1.807) is 0 Å². The average molecular weight is 162 g/mol. The summed E-state index contributed by atoms with van der Waals surface area (Å²) in [7, 11) is 0. The Balaban J connectivity index is 2.16. The number of benzene rings is 1. The molecule has 0 spiro atoms. The van der Waals surface area contributed by atoms with Gasteiger partial charge in [0.1, 0.15) is 0 Å². The summed E-state index contributed by atoms with van der Waals surface area (Å²) in [5.74, 6) is 0.197. The smallest absolute Gasteiger partial charge is 0.306 e. The van der Waals surface area contributed by atoms with E-state index in [9.17, 15) is 4.79 Å². The zero-order valence-electron chi connectivity index (χ0n) is 6.69. The van der Waals surface area contributed by atoms with Crippen LogP contribution in [0.5, 0.6) is 0 Å². The highest BCUT2D eigenvalue weighted by atomic mass is 16.5. The predicted octanol–water partition coefficient (Wildman–Crippen LogP) is 1.72. The van der Waals surface area contributed by atoms with Crippen LogP contribution in [-0.4, -0.2) is 12.6 Å². The van der Waals surface area contributed by atoms with Crippen molar-refractivity contribution >= 4 is 5.97 Å². The fourth-order valence-corrected chi connectivity index (χ4v) is 1.45. The highest BCUT2D eigenvalue weighted by molar-refractivity contribution is 5.72. The van der Waals surface area contributed by atoms with Crippen molar-refractivity contribution in [1.82, 2.24) is 0 Å². The molecule has 0 aromatic heterocycles. The lowest BCUT2D eigenvalue weighted by Crippen LogP contribution is -1.96. The summed E-state index contributed by atoms with van der Waals surface area (Å²) in [6.07, 6.45) is 0.532. The summed E-state index contributed by atoms with van der Waals surface area (Å²) in [4.78, 5) is 10.8. The van der Waals surface area contributed by atoms with Gasteiger partial charge in [0, 0.05) is 5.92 Å². The zero-order valence-corrected chi connectivity index (χ0v) is 6.69. The van der Waals surface area contributed by atoms with Gasteiger partial charge in [-0.1, -0.05) is 30.3 Å². The molecule has 2 nitrogen and oxygen atoms in total. The van der Waals surface area contributed by atoms with Crippen LogP contribution in [0, 0.1) is 0 Å². The van der Waals surface area contributed by atoms with Gasteiger partial charge in [0.05, 0.1) is 13.0 Å². The number of carbonyl (C=O) groups is 1. The Labute approximate surface area is 71.2 Å². The first kappa shape index (κ1) is 7.35. The lowest BCUT2D eigenvalue weighted by Gasteiger charge is -2.04. The minimum Gasteiger partial charge on any atom is -0.465 e.